The molecule has 4 nitrogen and oxygen atoms in total. The second-order valence-electron chi connectivity index (χ2n) is 5.98. The van der Waals surface area contributed by atoms with Crippen LogP contribution in [-0.4, -0.2) is 20.1 Å². The van der Waals surface area contributed by atoms with Crippen LogP contribution in [0.1, 0.15) is 31.4 Å². The Hall–Kier alpha value is -0.910. The van der Waals surface area contributed by atoms with Gasteiger partial charge in [-0.2, -0.15) is 0 Å². The second-order valence-corrected chi connectivity index (χ2v) is 7.78. The standard InChI is InChI=1S/C14H21NO3S/c1-14(2)7-13(14)8-15-19(17,18)10-12-5-3-4-11(6-12)9-16/h3-6,13,15-16H,7-10H2,1-2H3. The van der Waals surface area contributed by atoms with E-state index in [-0.39, 0.29) is 17.8 Å². The summed E-state index contributed by atoms with van der Waals surface area (Å²) in [5.74, 6) is 0.416. The maximum absolute atomic E-state index is 12.0. The first kappa shape index (κ1) is 14.5. The van der Waals surface area contributed by atoms with Crippen LogP contribution < -0.4 is 4.72 Å². The van der Waals surface area contributed by atoms with Crippen LogP contribution in [0.15, 0.2) is 24.3 Å². The molecule has 5 heteroatoms. The van der Waals surface area contributed by atoms with Crippen LogP contribution in [-0.2, 0) is 22.4 Å². The minimum absolute atomic E-state index is 0.0337. The summed E-state index contributed by atoms with van der Waals surface area (Å²) in [5.41, 5.74) is 1.71. The first-order valence-electron chi connectivity index (χ1n) is 6.48. The van der Waals surface area contributed by atoms with Crippen molar-refractivity contribution in [3.05, 3.63) is 35.4 Å². The quantitative estimate of drug-likeness (QED) is 0.834. The summed E-state index contributed by atoms with van der Waals surface area (Å²) in [7, 11) is -3.30. The summed E-state index contributed by atoms with van der Waals surface area (Å²) >= 11 is 0. The van der Waals surface area contributed by atoms with Crippen LogP contribution in [0, 0.1) is 11.3 Å². The molecule has 0 heterocycles. The molecule has 1 fully saturated rings. The third kappa shape index (κ3) is 4.03. The van der Waals surface area contributed by atoms with Crippen molar-refractivity contribution in [1.82, 2.24) is 4.72 Å². The number of benzene rings is 1. The highest BCUT2D eigenvalue weighted by molar-refractivity contribution is 7.88. The molecule has 1 atom stereocenters. The Morgan fingerprint density at radius 3 is 2.58 bits per heavy atom. The van der Waals surface area contributed by atoms with Crippen LogP contribution in [0.2, 0.25) is 0 Å². The predicted molar refractivity (Wildman–Crippen MR) is 74.9 cm³/mol. The lowest BCUT2D eigenvalue weighted by Gasteiger charge is -2.08. The number of hydrogen-bond donors (Lipinski definition) is 2. The molecule has 1 saturated carbocycles. The topological polar surface area (TPSA) is 66.4 Å². The van der Waals surface area contributed by atoms with Gasteiger partial charge in [0.05, 0.1) is 12.4 Å². The predicted octanol–water partition coefficient (Wildman–Crippen LogP) is 1.64. The number of aliphatic hydroxyl groups excluding tert-OH is 1. The van der Waals surface area contributed by atoms with Crippen LogP contribution in [0.5, 0.6) is 0 Å². The molecule has 1 aromatic carbocycles. The molecule has 1 aliphatic carbocycles. The Labute approximate surface area is 114 Å². The zero-order valence-electron chi connectivity index (χ0n) is 11.4. The highest BCUT2D eigenvalue weighted by Gasteiger charge is 2.45. The summed E-state index contributed by atoms with van der Waals surface area (Å²) in [4.78, 5) is 0. The van der Waals surface area contributed by atoms with Gasteiger partial charge in [-0.3, -0.25) is 0 Å². The van der Waals surface area contributed by atoms with E-state index >= 15 is 0 Å². The molecule has 0 saturated heterocycles. The van der Waals surface area contributed by atoms with Crippen molar-refractivity contribution in [3.8, 4) is 0 Å². The molecule has 2 N–H and O–H groups in total. The van der Waals surface area contributed by atoms with Crippen LogP contribution >= 0.6 is 0 Å². The van der Waals surface area contributed by atoms with E-state index in [1.807, 2.05) is 0 Å². The molecule has 0 aliphatic heterocycles. The first-order chi connectivity index (χ1) is 8.82. The van der Waals surface area contributed by atoms with Crippen molar-refractivity contribution in [2.24, 2.45) is 11.3 Å². The molecular weight excluding hydrogens is 262 g/mol. The maximum atomic E-state index is 12.0. The summed E-state index contributed by atoms with van der Waals surface area (Å²) < 4.78 is 26.6. The van der Waals surface area contributed by atoms with Gasteiger partial charge in [0, 0.05) is 6.54 Å². The van der Waals surface area contributed by atoms with E-state index < -0.39 is 10.0 Å². The van der Waals surface area contributed by atoms with Crippen molar-refractivity contribution in [1.29, 1.82) is 0 Å². The Balaban J connectivity index is 1.93. The highest BCUT2D eigenvalue weighted by Crippen LogP contribution is 2.51. The van der Waals surface area contributed by atoms with Gasteiger partial charge in [0.2, 0.25) is 10.0 Å². The third-order valence-electron chi connectivity index (χ3n) is 3.80. The summed E-state index contributed by atoms with van der Waals surface area (Å²) in [6, 6.07) is 7.02. The first-order valence-corrected chi connectivity index (χ1v) is 8.14. The fraction of sp³-hybridized carbons (Fsp3) is 0.571. The van der Waals surface area contributed by atoms with Crippen molar-refractivity contribution in [2.75, 3.05) is 6.54 Å². The smallest absolute Gasteiger partial charge is 0.215 e. The lowest BCUT2D eigenvalue weighted by atomic mass is 10.1. The van der Waals surface area contributed by atoms with Crippen molar-refractivity contribution >= 4 is 10.0 Å². The summed E-state index contributed by atoms with van der Waals surface area (Å²) in [5, 5.41) is 9.04. The Bertz CT molecular complexity index is 552. The van der Waals surface area contributed by atoms with Gasteiger partial charge in [0.15, 0.2) is 0 Å². The molecule has 0 aromatic heterocycles. The van der Waals surface area contributed by atoms with Crippen molar-refractivity contribution in [3.63, 3.8) is 0 Å². The largest absolute Gasteiger partial charge is 0.392 e. The fourth-order valence-electron chi connectivity index (χ4n) is 2.24. The van der Waals surface area contributed by atoms with Crippen LogP contribution in [0.4, 0.5) is 0 Å². The van der Waals surface area contributed by atoms with Gasteiger partial charge in [-0.1, -0.05) is 38.1 Å². The van der Waals surface area contributed by atoms with E-state index in [1.54, 1.807) is 24.3 Å². The van der Waals surface area contributed by atoms with Crippen molar-refractivity contribution in [2.45, 2.75) is 32.6 Å². The number of aliphatic hydroxyl groups is 1. The molecule has 0 bridgehead atoms. The van der Waals surface area contributed by atoms with Crippen molar-refractivity contribution < 1.29 is 13.5 Å². The second kappa shape index (κ2) is 5.23. The van der Waals surface area contributed by atoms with E-state index in [0.29, 0.717) is 18.0 Å². The minimum atomic E-state index is -3.30. The molecule has 19 heavy (non-hydrogen) atoms. The van der Waals surface area contributed by atoms with Gasteiger partial charge >= 0.3 is 0 Å². The highest BCUT2D eigenvalue weighted by atomic mass is 32.2. The average Bonchev–Trinajstić information content (AvgIpc) is 2.94. The third-order valence-corrected chi connectivity index (χ3v) is 5.12. The van der Waals surface area contributed by atoms with E-state index in [1.165, 1.54) is 0 Å². The maximum Gasteiger partial charge on any atom is 0.215 e. The number of nitrogens with one attached hydrogen (secondary N) is 1. The molecule has 0 amide bonds. The average molecular weight is 283 g/mol. The minimum Gasteiger partial charge on any atom is -0.392 e. The summed E-state index contributed by atoms with van der Waals surface area (Å²) in [6.07, 6.45) is 1.08. The molecule has 106 valence electrons. The van der Waals surface area contributed by atoms with Crippen LogP contribution in [0.25, 0.3) is 0 Å². The van der Waals surface area contributed by atoms with E-state index in [2.05, 4.69) is 18.6 Å². The lowest BCUT2D eigenvalue weighted by molar-refractivity contribution is 0.282. The normalized spacial score (nSPS) is 21.3. The van der Waals surface area contributed by atoms with E-state index in [4.69, 9.17) is 5.11 Å². The molecule has 1 aliphatic rings. The van der Waals surface area contributed by atoms with E-state index in [9.17, 15) is 8.42 Å². The lowest BCUT2D eigenvalue weighted by Crippen LogP contribution is -2.28. The molecule has 2 rings (SSSR count). The Kier molecular flexibility index (Phi) is 3.99. The Morgan fingerprint density at radius 2 is 2.00 bits per heavy atom. The molecule has 1 aromatic rings. The molecular formula is C14H21NO3S. The SMILES string of the molecule is CC1(C)CC1CNS(=O)(=O)Cc1cccc(CO)c1. The van der Waals surface area contributed by atoms with Gasteiger partial charge in [0.25, 0.3) is 0 Å². The fourth-order valence-corrected chi connectivity index (χ4v) is 3.42. The van der Waals surface area contributed by atoms with Gasteiger partial charge < -0.3 is 5.11 Å². The zero-order chi connectivity index (χ0) is 14.1. The number of rotatable bonds is 6. The summed E-state index contributed by atoms with van der Waals surface area (Å²) in [6.45, 7) is 4.75. The van der Waals surface area contributed by atoms with Gasteiger partial charge in [-0.25, -0.2) is 13.1 Å². The molecule has 0 spiro atoms. The Morgan fingerprint density at radius 1 is 1.37 bits per heavy atom. The zero-order valence-corrected chi connectivity index (χ0v) is 12.2. The molecule has 1 unspecified atom stereocenters. The van der Waals surface area contributed by atoms with Gasteiger partial charge in [-0.15, -0.1) is 0 Å². The van der Waals surface area contributed by atoms with E-state index in [0.717, 1.165) is 12.0 Å². The number of sulfonamides is 1. The number of hydrogen-bond acceptors (Lipinski definition) is 3. The van der Waals surface area contributed by atoms with Gasteiger partial charge in [0.1, 0.15) is 0 Å². The van der Waals surface area contributed by atoms with Crippen LogP contribution in [0.3, 0.4) is 0 Å². The monoisotopic (exact) mass is 283 g/mol. The van der Waals surface area contributed by atoms with Gasteiger partial charge in [-0.05, 0) is 28.9 Å². The molecule has 0 radical (unpaired) electrons.